The minimum Gasteiger partial charge on any atom is -0.349 e. The number of aromatic nitrogens is 2. The summed E-state index contributed by atoms with van der Waals surface area (Å²) >= 11 is 0. The lowest BCUT2D eigenvalue weighted by atomic mass is 9.92. The second-order valence-electron chi connectivity index (χ2n) is 8.00. The molecule has 6 nitrogen and oxygen atoms in total. The Kier molecular flexibility index (Phi) is 5.29. The molecule has 0 radical (unpaired) electrons. The van der Waals surface area contributed by atoms with E-state index in [-0.39, 0.29) is 37.4 Å². The number of hydrogen-bond acceptors (Lipinski definition) is 3. The Labute approximate surface area is 172 Å². The molecule has 0 unspecified atom stereocenters. The summed E-state index contributed by atoms with van der Waals surface area (Å²) in [6.07, 6.45) is 0.0991. The molecule has 2 amide bonds. The van der Waals surface area contributed by atoms with Gasteiger partial charge in [-0.2, -0.15) is 18.3 Å². The van der Waals surface area contributed by atoms with Crippen LogP contribution >= 0.6 is 0 Å². The van der Waals surface area contributed by atoms with Gasteiger partial charge in [0.25, 0.3) is 0 Å². The summed E-state index contributed by atoms with van der Waals surface area (Å²) in [6, 6.07) is 4.82. The van der Waals surface area contributed by atoms with Crippen LogP contribution in [0.5, 0.6) is 0 Å². The molecule has 1 aliphatic carbocycles. The van der Waals surface area contributed by atoms with Crippen LogP contribution in [0.1, 0.15) is 47.7 Å². The summed E-state index contributed by atoms with van der Waals surface area (Å²) < 4.78 is 40.6. The van der Waals surface area contributed by atoms with Gasteiger partial charge in [0.2, 0.25) is 11.8 Å². The van der Waals surface area contributed by atoms with E-state index < -0.39 is 17.7 Å². The average molecular weight is 420 g/mol. The molecular weight excluding hydrogens is 397 g/mol. The van der Waals surface area contributed by atoms with E-state index in [2.05, 4.69) is 10.4 Å². The Hall–Kier alpha value is -2.84. The predicted octanol–water partition coefficient (Wildman–Crippen LogP) is 2.98. The van der Waals surface area contributed by atoms with Crippen molar-refractivity contribution in [3.8, 4) is 0 Å². The molecule has 4 rings (SSSR count). The van der Waals surface area contributed by atoms with Crippen LogP contribution in [-0.2, 0) is 35.8 Å². The predicted molar refractivity (Wildman–Crippen MR) is 102 cm³/mol. The number of likely N-dealkylation sites (tertiary alicyclic amines) is 1. The van der Waals surface area contributed by atoms with E-state index in [0.29, 0.717) is 5.56 Å². The Balaban J connectivity index is 1.40. The van der Waals surface area contributed by atoms with Crippen molar-refractivity contribution in [2.75, 3.05) is 6.54 Å². The van der Waals surface area contributed by atoms with Crippen molar-refractivity contribution in [2.45, 2.75) is 44.4 Å². The molecule has 9 heteroatoms. The zero-order chi connectivity index (χ0) is 21.5. The van der Waals surface area contributed by atoms with E-state index in [1.807, 2.05) is 11.7 Å². The van der Waals surface area contributed by atoms with Gasteiger partial charge in [-0.25, -0.2) is 0 Å². The third-order valence-corrected chi connectivity index (χ3v) is 5.91. The molecule has 0 bridgehead atoms. The quantitative estimate of drug-likeness (QED) is 0.827. The van der Waals surface area contributed by atoms with Crippen molar-refractivity contribution in [3.63, 3.8) is 0 Å². The van der Waals surface area contributed by atoms with Gasteiger partial charge in [0, 0.05) is 37.8 Å². The van der Waals surface area contributed by atoms with Crippen molar-refractivity contribution in [1.29, 1.82) is 0 Å². The highest BCUT2D eigenvalue weighted by atomic mass is 19.4. The van der Waals surface area contributed by atoms with E-state index in [0.717, 1.165) is 42.7 Å². The molecular formula is C21H23F3N4O2. The van der Waals surface area contributed by atoms with Gasteiger partial charge in [-0.3, -0.25) is 14.3 Å². The lowest BCUT2D eigenvalue weighted by molar-refractivity contribution is -0.137. The Morgan fingerprint density at radius 2 is 2.13 bits per heavy atom. The molecule has 1 aliphatic heterocycles. The minimum absolute atomic E-state index is 0.0582. The van der Waals surface area contributed by atoms with Crippen LogP contribution < -0.4 is 5.32 Å². The number of amides is 2. The van der Waals surface area contributed by atoms with Gasteiger partial charge in [0.05, 0.1) is 23.7 Å². The fourth-order valence-corrected chi connectivity index (χ4v) is 4.31. The van der Waals surface area contributed by atoms with Crippen molar-refractivity contribution < 1.29 is 22.8 Å². The number of nitrogens with one attached hydrogen (secondary N) is 1. The number of hydrogen-bond donors (Lipinski definition) is 1. The normalized spacial score (nSPS) is 21.6. The molecule has 1 aromatic heterocycles. The Bertz CT molecular complexity index is 969. The fourth-order valence-electron chi connectivity index (χ4n) is 4.31. The zero-order valence-electron chi connectivity index (χ0n) is 16.6. The van der Waals surface area contributed by atoms with Gasteiger partial charge in [0.15, 0.2) is 0 Å². The zero-order valence-corrected chi connectivity index (χ0v) is 16.6. The highest BCUT2D eigenvalue weighted by molar-refractivity contribution is 5.89. The lowest BCUT2D eigenvalue weighted by Gasteiger charge is -2.25. The van der Waals surface area contributed by atoms with Gasteiger partial charge >= 0.3 is 6.18 Å². The minimum atomic E-state index is -4.43. The smallest absolute Gasteiger partial charge is 0.349 e. The third-order valence-electron chi connectivity index (χ3n) is 5.91. The average Bonchev–Trinajstić information content (AvgIpc) is 3.25. The number of alkyl halides is 3. The van der Waals surface area contributed by atoms with Crippen LogP contribution in [0.3, 0.4) is 0 Å². The summed E-state index contributed by atoms with van der Waals surface area (Å²) in [5.74, 6) is -0.930. The van der Waals surface area contributed by atoms with Crippen LogP contribution in [-0.4, -0.2) is 33.0 Å². The number of nitrogens with zero attached hydrogens (tertiary/aromatic N) is 3. The molecule has 2 aliphatic rings. The first-order valence-corrected chi connectivity index (χ1v) is 9.97. The summed E-state index contributed by atoms with van der Waals surface area (Å²) in [7, 11) is 1.88. The first kappa shape index (κ1) is 20.4. The van der Waals surface area contributed by atoms with E-state index in [1.54, 1.807) is 12.3 Å². The third kappa shape index (κ3) is 4.06. The second-order valence-corrected chi connectivity index (χ2v) is 8.00. The standard InChI is InChI=1S/C21H23F3N4O2/c1-27-18-7-3-6-17(16(18)10-25-27)26-20(30)14-9-19(29)28(12-14)11-13-4-2-5-15(8-13)21(22,23)24/h2,4-5,8,10,14,17H,3,6-7,9,11-12H2,1H3,(H,26,30)/t14-,17+/m1/s1. The lowest BCUT2D eigenvalue weighted by Crippen LogP contribution is -2.36. The second kappa shape index (κ2) is 7.77. The largest absolute Gasteiger partial charge is 0.416 e. The van der Waals surface area contributed by atoms with Crippen molar-refractivity contribution in [2.24, 2.45) is 13.0 Å². The maximum atomic E-state index is 12.9. The Morgan fingerprint density at radius 3 is 2.90 bits per heavy atom. The van der Waals surface area contributed by atoms with Crippen molar-refractivity contribution in [1.82, 2.24) is 20.0 Å². The van der Waals surface area contributed by atoms with E-state index in [9.17, 15) is 22.8 Å². The molecule has 0 spiro atoms. The molecule has 2 heterocycles. The number of carbonyl (C=O) groups is 2. The van der Waals surface area contributed by atoms with E-state index in [1.165, 1.54) is 11.0 Å². The van der Waals surface area contributed by atoms with E-state index in [4.69, 9.17) is 0 Å². The maximum absolute atomic E-state index is 12.9. The SMILES string of the molecule is Cn1ncc2c1CCC[C@@H]2NC(=O)[C@@H]1CC(=O)N(Cc2cccc(C(F)(F)F)c2)C1. The molecule has 1 N–H and O–H groups in total. The summed E-state index contributed by atoms with van der Waals surface area (Å²) in [4.78, 5) is 26.6. The van der Waals surface area contributed by atoms with Crippen molar-refractivity contribution in [3.05, 3.63) is 52.8 Å². The first-order valence-electron chi connectivity index (χ1n) is 9.97. The van der Waals surface area contributed by atoms with Gasteiger partial charge in [-0.15, -0.1) is 0 Å². The van der Waals surface area contributed by atoms with Gasteiger partial charge in [-0.1, -0.05) is 12.1 Å². The van der Waals surface area contributed by atoms with Crippen LogP contribution in [0, 0.1) is 5.92 Å². The number of halogens is 3. The molecule has 0 saturated carbocycles. The number of carbonyl (C=O) groups excluding carboxylic acids is 2. The molecule has 2 aromatic rings. The first-order chi connectivity index (χ1) is 14.2. The van der Waals surface area contributed by atoms with Crippen LogP contribution in [0.2, 0.25) is 0 Å². The number of aryl methyl sites for hydroxylation is 1. The highest BCUT2D eigenvalue weighted by Gasteiger charge is 2.36. The summed E-state index contributed by atoms with van der Waals surface area (Å²) in [6.45, 7) is 0.260. The van der Waals surface area contributed by atoms with Gasteiger partial charge in [-0.05, 0) is 37.0 Å². The summed E-state index contributed by atoms with van der Waals surface area (Å²) in [5.41, 5.74) is 1.78. The van der Waals surface area contributed by atoms with Gasteiger partial charge < -0.3 is 10.2 Å². The molecule has 160 valence electrons. The monoisotopic (exact) mass is 420 g/mol. The van der Waals surface area contributed by atoms with E-state index >= 15 is 0 Å². The summed E-state index contributed by atoms with van der Waals surface area (Å²) in [5, 5.41) is 7.32. The van der Waals surface area contributed by atoms with Crippen molar-refractivity contribution >= 4 is 11.8 Å². The number of benzene rings is 1. The maximum Gasteiger partial charge on any atom is 0.416 e. The topological polar surface area (TPSA) is 67.2 Å². The fraction of sp³-hybridized carbons (Fsp3) is 0.476. The molecule has 1 saturated heterocycles. The van der Waals surface area contributed by atoms with Gasteiger partial charge in [0.1, 0.15) is 0 Å². The highest BCUT2D eigenvalue weighted by Crippen LogP contribution is 2.32. The molecule has 1 fully saturated rings. The molecule has 1 aromatic carbocycles. The van der Waals surface area contributed by atoms with Crippen LogP contribution in [0.25, 0.3) is 0 Å². The number of fused-ring (bicyclic) bond motifs is 1. The van der Waals surface area contributed by atoms with Crippen LogP contribution in [0.15, 0.2) is 30.5 Å². The van der Waals surface area contributed by atoms with Crippen LogP contribution in [0.4, 0.5) is 13.2 Å². The molecule has 30 heavy (non-hydrogen) atoms. The number of rotatable bonds is 4. The molecule has 2 atom stereocenters. The Morgan fingerprint density at radius 1 is 1.33 bits per heavy atom.